The van der Waals surface area contributed by atoms with Crippen LogP contribution in [0.2, 0.25) is 0 Å². The standard InChI is InChI=1S/C17H30N4/c1-5-8-18-11-15-7-6-9-21(12-15)16-10-14(4)19-17(20-16)13(2)3/h10,13,15,18H,5-9,11-12H2,1-4H3. The molecule has 0 aromatic carbocycles. The quantitative estimate of drug-likeness (QED) is 0.817. The molecule has 0 spiro atoms. The van der Waals surface area contributed by atoms with Crippen LogP contribution in [0.3, 0.4) is 0 Å². The van der Waals surface area contributed by atoms with Crippen molar-refractivity contribution in [3.05, 3.63) is 17.6 Å². The zero-order chi connectivity index (χ0) is 15.2. The van der Waals surface area contributed by atoms with Gasteiger partial charge in [-0.1, -0.05) is 20.8 Å². The van der Waals surface area contributed by atoms with Gasteiger partial charge in [-0.2, -0.15) is 0 Å². The summed E-state index contributed by atoms with van der Waals surface area (Å²) in [5, 5.41) is 3.56. The van der Waals surface area contributed by atoms with Crippen molar-refractivity contribution >= 4 is 5.82 Å². The van der Waals surface area contributed by atoms with Crippen LogP contribution in [0.15, 0.2) is 6.07 Å². The molecule has 2 heterocycles. The maximum atomic E-state index is 4.78. The third-order valence-corrected chi connectivity index (χ3v) is 4.08. The van der Waals surface area contributed by atoms with Gasteiger partial charge in [0, 0.05) is 30.8 Å². The van der Waals surface area contributed by atoms with E-state index in [1.807, 2.05) is 0 Å². The van der Waals surface area contributed by atoms with Crippen LogP contribution in [0, 0.1) is 12.8 Å². The molecule has 0 saturated carbocycles. The molecule has 21 heavy (non-hydrogen) atoms. The van der Waals surface area contributed by atoms with Gasteiger partial charge in [0.1, 0.15) is 11.6 Å². The maximum Gasteiger partial charge on any atom is 0.133 e. The number of nitrogens with one attached hydrogen (secondary N) is 1. The lowest BCUT2D eigenvalue weighted by atomic mass is 9.98. The van der Waals surface area contributed by atoms with Crippen LogP contribution >= 0.6 is 0 Å². The first-order chi connectivity index (χ1) is 10.1. The second-order valence-electron chi connectivity index (χ2n) is 6.54. The normalized spacial score (nSPS) is 19.3. The van der Waals surface area contributed by atoms with Gasteiger partial charge in [-0.05, 0) is 45.2 Å². The molecule has 1 unspecified atom stereocenters. The Morgan fingerprint density at radius 1 is 1.38 bits per heavy atom. The largest absolute Gasteiger partial charge is 0.356 e. The fraction of sp³-hybridized carbons (Fsp3) is 0.765. The van der Waals surface area contributed by atoms with E-state index in [0.717, 1.165) is 49.4 Å². The average Bonchev–Trinajstić information content (AvgIpc) is 2.47. The second-order valence-corrected chi connectivity index (χ2v) is 6.54. The molecule has 4 heteroatoms. The SMILES string of the molecule is CCCNCC1CCCN(c2cc(C)nc(C(C)C)n2)C1. The summed E-state index contributed by atoms with van der Waals surface area (Å²) in [5.41, 5.74) is 1.08. The van der Waals surface area contributed by atoms with Gasteiger partial charge in [-0.15, -0.1) is 0 Å². The lowest BCUT2D eigenvalue weighted by Crippen LogP contribution is -2.40. The highest BCUT2D eigenvalue weighted by Crippen LogP contribution is 2.23. The summed E-state index contributed by atoms with van der Waals surface area (Å²) in [6, 6.07) is 2.13. The van der Waals surface area contributed by atoms with Crippen molar-refractivity contribution in [3.8, 4) is 0 Å². The van der Waals surface area contributed by atoms with Crippen LogP contribution in [0.5, 0.6) is 0 Å². The lowest BCUT2D eigenvalue weighted by Gasteiger charge is -2.34. The van der Waals surface area contributed by atoms with Gasteiger partial charge >= 0.3 is 0 Å². The number of nitrogens with zero attached hydrogens (tertiary/aromatic N) is 3. The fourth-order valence-electron chi connectivity index (χ4n) is 2.92. The van der Waals surface area contributed by atoms with E-state index in [1.165, 1.54) is 19.3 Å². The first kappa shape index (κ1) is 16.2. The Kier molecular flexibility index (Phi) is 5.97. The van der Waals surface area contributed by atoms with E-state index in [0.29, 0.717) is 5.92 Å². The molecule has 2 rings (SSSR count). The van der Waals surface area contributed by atoms with Gasteiger partial charge in [0.2, 0.25) is 0 Å². The Morgan fingerprint density at radius 3 is 2.90 bits per heavy atom. The van der Waals surface area contributed by atoms with Crippen molar-refractivity contribution in [2.75, 3.05) is 31.1 Å². The molecule has 0 radical (unpaired) electrons. The van der Waals surface area contributed by atoms with Gasteiger partial charge in [-0.25, -0.2) is 9.97 Å². The molecule has 1 aromatic rings. The molecular weight excluding hydrogens is 260 g/mol. The summed E-state index contributed by atoms with van der Waals surface area (Å²) in [6.45, 7) is 13.1. The lowest BCUT2D eigenvalue weighted by molar-refractivity contribution is 0.390. The molecule has 1 atom stereocenters. The Labute approximate surface area is 129 Å². The summed E-state index contributed by atoms with van der Waals surface area (Å²) in [7, 11) is 0. The van der Waals surface area contributed by atoms with Crippen molar-refractivity contribution in [1.29, 1.82) is 0 Å². The number of aromatic nitrogens is 2. The molecule has 0 amide bonds. The zero-order valence-corrected chi connectivity index (χ0v) is 14.0. The first-order valence-corrected chi connectivity index (χ1v) is 8.41. The van der Waals surface area contributed by atoms with Gasteiger partial charge in [0.15, 0.2) is 0 Å². The van der Waals surface area contributed by atoms with Gasteiger partial charge in [-0.3, -0.25) is 0 Å². The first-order valence-electron chi connectivity index (χ1n) is 8.41. The number of hydrogen-bond donors (Lipinski definition) is 1. The smallest absolute Gasteiger partial charge is 0.133 e. The average molecular weight is 290 g/mol. The van der Waals surface area contributed by atoms with E-state index < -0.39 is 0 Å². The number of anilines is 1. The predicted molar refractivity (Wildman–Crippen MR) is 89.0 cm³/mol. The van der Waals surface area contributed by atoms with Crippen molar-refractivity contribution in [1.82, 2.24) is 15.3 Å². The van der Waals surface area contributed by atoms with E-state index >= 15 is 0 Å². The summed E-state index contributed by atoms with van der Waals surface area (Å²) >= 11 is 0. The molecule has 0 bridgehead atoms. The molecule has 1 aromatic heterocycles. The third kappa shape index (κ3) is 4.67. The molecule has 0 aliphatic carbocycles. The minimum Gasteiger partial charge on any atom is -0.356 e. The van der Waals surface area contributed by atoms with E-state index in [9.17, 15) is 0 Å². The number of rotatable bonds is 6. The highest BCUT2D eigenvalue weighted by Gasteiger charge is 2.21. The van der Waals surface area contributed by atoms with Crippen LogP contribution in [-0.2, 0) is 0 Å². The molecule has 1 aliphatic heterocycles. The maximum absolute atomic E-state index is 4.78. The number of piperidine rings is 1. The fourth-order valence-corrected chi connectivity index (χ4v) is 2.92. The van der Waals surface area contributed by atoms with Crippen LogP contribution in [0.1, 0.15) is 57.5 Å². The molecule has 4 nitrogen and oxygen atoms in total. The Morgan fingerprint density at radius 2 is 2.19 bits per heavy atom. The highest BCUT2D eigenvalue weighted by atomic mass is 15.2. The van der Waals surface area contributed by atoms with Gasteiger partial charge in [0.05, 0.1) is 0 Å². The minimum atomic E-state index is 0.385. The topological polar surface area (TPSA) is 41.0 Å². The summed E-state index contributed by atoms with van der Waals surface area (Å²) in [4.78, 5) is 11.8. The minimum absolute atomic E-state index is 0.385. The monoisotopic (exact) mass is 290 g/mol. The highest BCUT2D eigenvalue weighted by molar-refractivity contribution is 5.40. The zero-order valence-electron chi connectivity index (χ0n) is 14.0. The van der Waals surface area contributed by atoms with Gasteiger partial charge < -0.3 is 10.2 Å². The number of aryl methyl sites for hydroxylation is 1. The third-order valence-electron chi connectivity index (χ3n) is 4.08. The number of hydrogen-bond acceptors (Lipinski definition) is 4. The van der Waals surface area contributed by atoms with E-state index in [1.54, 1.807) is 0 Å². The Bertz CT molecular complexity index is 444. The second kappa shape index (κ2) is 7.74. The van der Waals surface area contributed by atoms with Crippen molar-refractivity contribution < 1.29 is 0 Å². The molecule has 1 aliphatic rings. The Balaban J connectivity index is 2.03. The molecular formula is C17H30N4. The predicted octanol–water partition coefficient (Wildman–Crippen LogP) is 3.12. The molecule has 1 N–H and O–H groups in total. The van der Waals surface area contributed by atoms with Crippen LogP contribution < -0.4 is 10.2 Å². The molecule has 118 valence electrons. The van der Waals surface area contributed by atoms with Gasteiger partial charge in [0.25, 0.3) is 0 Å². The van der Waals surface area contributed by atoms with E-state index in [-0.39, 0.29) is 0 Å². The van der Waals surface area contributed by atoms with Crippen LogP contribution in [0.4, 0.5) is 5.82 Å². The van der Waals surface area contributed by atoms with E-state index in [4.69, 9.17) is 4.98 Å². The van der Waals surface area contributed by atoms with Crippen molar-refractivity contribution in [2.45, 2.75) is 52.9 Å². The Hall–Kier alpha value is -1.16. The van der Waals surface area contributed by atoms with Crippen molar-refractivity contribution in [3.63, 3.8) is 0 Å². The van der Waals surface area contributed by atoms with Crippen molar-refractivity contribution in [2.24, 2.45) is 5.92 Å². The van der Waals surface area contributed by atoms with Crippen LogP contribution in [0.25, 0.3) is 0 Å². The summed E-state index contributed by atoms with van der Waals surface area (Å²) in [5.74, 6) is 3.21. The van der Waals surface area contributed by atoms with Crippen LogP contribution in [-0.4, -0.2) is 36.1 Å². The summed E-state index contributed by atoms with van der Waals surface area (Å²) < 4.78 is 0. The molecule has 1 fully saturated rings. The molecule has 1 saturated heterocycles. The summed E-state index contributed by atoms with van der Waals surface area (Å²) in [6.07, 6.45) is 3.80. The van der Waals surface area contributed by atoms with E-state index in [2.05, 4.69) is 49.0 Å².